The van der Waals surface area contributed by atoms with Gasteiger partial charge in [0.2, 0.25) is 5.91 Å². The number of rotatable bonds is 3. The van der Waals surface area contributed by atoms with E-state index in [1.165, 1.54) is 6.92 Å². The van der Waals surface area contributed by atoms with E-state index in [2.05, 4.69) is 42.4 Å². The number of halogens is 2. The second-order valence-electron chi connectivity index (χ2n) is 2.94. The molecule has 0 radical (unpaired) electrons. The molecule has 0 spiro atoms. The van der Waals surface area contributed by atoms with Crippen molar-refractivity contribution in [3.63, 3.8) is 0 Å². The summed E-state index contributed by atoms with van der Waals surface area (Å²) in [6.07, 6.45) is 1.55. The normalized spacial score (nSPS) is 10.5. The molecular formula is C10H10Br2N2O2. The van der Waals surface area contributed by atoms with Crippen LogP contribution in [0.15, 0.2) is 26.2 Å². The summed E-state index contributed by atoms with van der Waals surface area (Å²) in [6, 6.07) is 3.68. The van der Waals surface area contributed by atoms with E-state index in [1.807, 2.05) is 12.1 Å². The van der Waals surface area contributed by atoms with Gasteiger partial charge < -0.3 is 4.74 Å². The number of carbonyl (C=O) groups excluding carboxylic acids is 1. The van der Waals surface area contributed by atoms with Crippen molar-refractivity contribution in [1.82, 2.24) is 5.43 Å². The number of hydrazone groups is 1. The number of hydrogen-bond acceptors (Lipinski definition) is 3. The highest BCUT2D eigenvalue weighted by molar-refractivity contribution is 9.11. The lowest BCUT2D eigenvalue weighted by molar-refractivity contribution is -0.118. The van der Waals surface area contributed by atoms with Gasteiger partial charge in [-0.15, -0.1) is 0 Å². The van der Waals surface area contributed by atoms with E-state index in [4.69, 9.17) is 4.74 Å². The topological polar surface area (TPSA) is 50.7 Å². The van der Waals surface area contributed by atoms with E-state index in [-0.39, 0.29) is 5.91 Å². The van der Waals surface area contributed by atoms with E-state index >= 15 is 0 Å². The fourth-order valence-electron chi connectivity index (χ4n) is 1.05. The molecule has 1 rings (SSSR count). The Morgan fingerprint density at radius 3 is 2.44 bits per heavy atom. The summed E-state index contributed by atoms with van der Waals surface area (Å²) < 4.78 is 6.79. The third-order valence-electron chi connectivity index (χ3n) is 1.66. The highest BCUT2D eigenvalue weighted by Crippen LogP contribution is 2.33. The fraction of sp³-hybridized carbons (Fsp3) is 0.200. The zero-order valence-corrected chi connectivity index (χ0v) is 11.9. The molecular weight excluding hydrogens is 340 g/mol. The van der Waals surface area contributed by atoms with Crippen LogP contribution in [0.5, 0.6) is 5.75 Å². The first kappa shape index (κ1) is 13.2. The average molecular weight is 350 g/mol. The molecule has 6 heteroatoms. The number of ether oxygens (including phenoxy) is 1. The van der Waals surface area contributed by atoms with Crippen molar-refractivity contribution >= 4 is 44.0 Å². The van der Waals surface area contributed by atoms with Crippen LogP contribution in [0.1, 0.15) is 12.5 Å². The van der Waals surface area contributed by atoms with E-state index in [9.17, 15) is 4.79 Å². The van der Waals surface area contributed by atoms with Crippen molar-refractivity contribution in [3.8, 4) is 5.75 Å². The molecule has 0 saturated carbocycles. The van der Waals surface area contributed by atoms with Gasteiger partial charge in [0.1, 0.15) is 5.75 Å². The van der Waals surface area contributed by atoms with Crippen LogP contribution in [0.2, 0.25) is 0 Å². The van der Waals surface area contributed by atoms with Crippen molar-refractivity contribution in [3.05, 3.63) is 26.6 Å². The highest BCUT2D eigenvalue weighted by Gasteiger charge is 2.06. The second kappa shape index (κ2) is 6.00. The summed E-state index contributed by atoms with van der Waals surface area (Å²) in [7, 11) is 1.59. The van der Waals surface area contributed by atoms with Gasteiger partial charge in [0, 0.05) is 6.92 Å². The molecule has 0 saturated heterocycles. The fourth-order valence-corrected chi connectivity index (χ4v) is 2.59. The molecule has 0 unspecified atom stereocenters. The first-order valence-corrected chi connectivity index (χ1v) is 5.96. The number of nitrogens with zero attached hydrogens (tertiary/aromatic N) is 1. The predicted molar refractivity (Wildman–Crippen MR) is 69.8 cm³/mol. The summed E-state index contributed by atoms with van der Waals surface area (Å²) in [5, 5.41) is 3.77. The van der Waals surface area contributed by atoms with Gasteiger partial charge in [0.15, 0.2) is 0 Å². The molecule has 1 amide bonds. The molecule has 86 valence electrons. The minimum absolute atomic E-state index is 0.206. The largest absolute Gasteiger partial charge is 0.494 e. The zero-order valence-electron chi connectivity index (χ0n) is 8.75. The molecule has 0 aliphatic carbocycles. The standard InChI is InChI=1S/C10H10Br2N2O2/c1-6(15)14-13-5-7-3-8(11)10(16-2)9(12)4-7/h3-5H,1-2H3,(H,14,15)/b13-5-. The highest BCUT2D eigenvalue weighted by atomic mass is 79.9. The molecule has 16 heavy (non-hydrogen) atoms. The number of amides is 1. The molecule has 0 fully saturated rings. The van der Waals surface area contributed by atoms with Gasteiger partial charge in [-0.05, 0) is 49.6 Å². The summed E-state index contributed by atoms with van der Waals surface area (Å²) in [6.45, 7) is 1.40. The average Bonchev–Trinajstić information content (AvgIpc) is 2.16. The molecule has 0 heterocycles. The molecule has 1 aromatic rings. The third kappa shape index (κ3) is 3.61. The Morgan fingerprint density at radius 2 is 2.00 bits per heavy atom. The van der Waals surface area contributed by atoms with E-state index in [0.29, 0.717) is 0 Å². The van der Waals surface area contributed by atoms with E-state index < -0.39 is 0 Å². The first-order valence-electron chi connectivity index (χ1n) is 4.37. The molecule has 0 atom stereocenters. The lowest BCUT2D eigenvalue weighted by atomic mass is 10.2. The SMILES string of the molecule is COc1c(Br)cc(/C=N\NC(C)=O)cc1Br. The minimum Gasteiger partial charge on any atom is -0.494 e. The summed E-state index contributed by atoms with van der Waals surface area (Å²) >= 11 is 6.75. The van der Waals surface area contributed by atoms with Crippen molar-refractivity contribution in [1.29, 1.82) is 0 Å². The molecule has 0 aliphatic heterocycles. The Kier molecular flexibility index (Phi) is 4.95. The smallest absolute Gasteiger partial charge is 0.236 e. The number of methoxy groups -OCH3 is 1. The monoisotopic (exact) mass is 348 g/mol. The van der Waals surface area contributed by atoms with Crippen LogP contribution in [-0.4, -0.2) is 19.2 Å². The Hall–Kier alpha value is -0.880. The Balaban J connectivity index is 2.91. The van der Waals surface area contributed by atoms with Crippen LogP contribution < -0.4 is 10.2 Å². The maximum absolute atomic E-state index is 10.6. The van der Waals surface area contributed by atoms with Crippen LogP contribution >= 0.6 is 31.9 Å². The predicted octanol–water partition coefficient (Wildman–Crippen LogP) is 2.69. The minimum atomic E-state index is -0.206. The van der Waals surface area contributed by atoms with E-state index in [0.717, 1.165) is 20.3 Å². The van der Waals surface area contributed by atoms with Gasteiger partial charge in [-0.3, -0.25) is 4.79 Å². The molecule has 0 aliphatic rings. The number of benzene rings is 1. The van der Waals surface area contributed by atoms with E-state index in [1.54, 1.807) is 13.3 Å². The number of nitrogens with one attached hydrogen (secondary N) is 1. The van der Waals surface area contributed by atoms with Crippen molar-refractivity contribution in [2.45, 2.75) is 6.92 Å². The Labute approximate surface area is 110 Å². The van der Waals surface area contributed by atoms with Gasteiger partial charge >= 0.3 is 0 Å². The van der Waals surface area contributed by atoms with Crippen molar-refractivity contribution in [2.24, 2.45) is 5.10 Å². The van der Waals surface area contributed by atoms with Crippen LogP contribution in [0.4, 0.5) is 0 Å². The number of carbonyl (C=O) groups is 1. The number of hydrogen-bond donors (Lipinski definition) is 1. The first-order chi connectivity index (χ1) is 7.54. The van der Waals surface area contributed by atoms with Gasteiger partial charge in [-0.25, -0.2) is 5.43 Å². The van der Waals surface area contributed by atoms with Crippen molar-refractivity contribution in [2.75, 3.05) is 7.11 Å². The van der Waals surface area contributed by atoms with Crippen LogP contribution in [0.3, 0.4) is 0 Å². The van der Waals surface area contributed by atoms with Gasteiger partial charge in [-0.1, -0.05) is 0 Å². The second-order valence-corrected chi connectivity index (χ2v) is 4.65. The van der Waals surface area contributed by atoms with Gasteiger partial charge in [0.25, 0.3) is 0 Å². The zero-order chi connectivity index (χ0) is 12.1. The third-order valence-corrected chi connectivity index (χ3v) is 2.84. The molecule has 4 nitrogen and oxygen atoms in total. The maximum atomic E-state index is 10.6. The quantitative estimate of drug-likeness (QED) is 0.673. The molecule has 0 bridgehead atoms. The van der Waals surface area contributed by atoms with Gasteiger partial charge in [0.05, 0.1) is 22.3 Å². The van der Waals surface area contributed by atoms with Crippen LogP contribution in [0.25, 0.3) is 0 Å². The summed E-state index contributed by atoms with van der Waals surface area (Å²) in [5.41, 5.74) is 3.17. The Bertz CT molecular complexity index is 410. The van der Waals surface area contributed by atoms with Crippen LogP contribution in [0, 0.1) is 0 Å². The van der Waals surface area contributed by atoms with Crippen molar-refractivity contribution < 1.29 is 9.53 Å². The lowest BCUT2D eigenvalue weighted by Gasteiger charge is -2.06. The summed E-state index contributed by atoms with van der Waals surface area (Å²) in [4.78, 5) is 10.6. The summed E-state index contributed by atoms with van der Waals surface area (Å²) in [5.74, 6) is 0.513. The maximum Gasteiger partial charge on any atom is 0.236 e. The Morgan fingerprint density at radius 1 is 1.44 bits per heavy atom. The molecule has 1 aromatic carbocycles. The van der Waals surface area contributed by atoms with Crippen LogP contribution in [-0.2, 0) is 4.79 Å². The lowest BCUT2D eigenvalue weighted by Crippen LogP contribution is -2.12. The van der Waals surface area contributed by atoms with Gasteiger partial charge in [-0.2, -0.15) is 5.10 Å². The molecule has 0 aromatic heterocycles. The molecule has 1 N–H and O–H groups in total.